The number of rotatable bonds is 1. The summed E-state index contributed by atoms with van der Waals surface area (Å²) >= 11 is 0. The quantitative estimate of drug-likeness (QED) is 0.349. The third kappa shape index (κ3) is 8.89. The van der Waals surface area contributed by atoms with Gasteiger partial charge in [0.1, 0.15) is 0 Å². The van der Waals surface area contributed by atoms with Crippen molar-refractivity contribution < 1.29 is 51.3 Å². The Morgan fingerprint density at radius 3 is 2.15 bits per heavy atom. The molecule has 0 unspecified atom stereocenters. The summed E-state index contributed by atoms with van der Waals surface area (Å²) in [5.41, 5.74) is -0.0863. The van der Waals surface area contributed by atoms with Gasteiger partial charge in [0.2, 0.25) is 0 Å². The summed E-state index contributed by atoms with van der Waals surface area (Å²) in [5, 5.41) is 0. The van der Waals surface area contributed by atoms with Gasteiger partial charge in [0.05, 0.1) is 5.60 Å². The minimum Gasteiger partial charge on any atom is -1.00 e. The Bertz CT molecular complexity index is 183. The number of ether oxygens (including phenoxy) is 1. The van der Waals surface area contributed by atoms with Gasteiger partial charge in [-0.2, -0.15) is 12.2 Å². The van der Waals surface area contributed by atoms with Crippen molar-refractivity contribution in [1.29, 1.82) is 0 Å². The maximum absolute atomic E-state index is 5.52. The van der Waals surface area contributed by atoms with Gasteiger partial charge in [-0.05, 0) is 20.8 Å². The minimum atomic E-state index is -0.0863. The van der Waals surface area contributed by atoms with Gasteiger partial charge < -0.3 is 29.6 Å². The van der Waals surface area contributed by atoms with Crippen LogP contribution in [0.4, 0.5) is 0 Å². The first-order chi connectivity index (χ1) is 4.58. The summed E-state index contributed by atoms with van der Waals surface area (Å²) in [7, 11) is 0. The molecule has 0 aliphatic heterocycles. The van der Waals surface area contributed by atoms with Gasteiger partial charge >= 0.3 is 21.7 Å². The van der Waals surface area contributed by atoms with E-state index in [2.05, 4.69) is 6.08 Å². The van der Waals surface area contributed by atoms with Gasteiger partial charge in [0, 0.05) is 0 Å². The Morgan fingerprint density at radius 2 is 1.85 bits per heavy atom. The maximum atomic E-state index is 5.52. The molecule has 0 aromatic rings. The van der Waals surface area contributed by atoms with Crippen LogP contribution in [0.2, 0.25) is 0 Å². The number of allylic oxidation sites excluding steroid dienone is 3. The Kier molecular flexibility index (Phi) is 11.7. The van der Waals surface area contributed by atoms with Gasteiger partial charge in [0.15, 0.2) is 0 Å². The Balaban J connectivity index is -0.000000333. The molecule has 1 aliphatic carbocycles. The van der Waals surface area contributed by atoms with E-state index in [1.807, 2.05) is 32.9 Å². The van der Waals surface area contributed by atoms with E-state index >= 15 is 0 Å². The molecule has 0 spiro atoms. The molecule has 4 heteroatoms. The monoisotopic (exact) mass is 255 g/mol. The van der Waals surface area contributed by atoms with E-state index in [-0.39, 0.29) is 52.1 Å². The van der Waals surface area contributed by atoms with Crippen molar-refractivity contribution in [3.8, 4) is 0 Å². The summed E-state index contributed by atoms with van der Waals surface area (Å²) < 4.78 is 5.52. The molecule has 0 amide bonds. The Labute approximate surface area is 108 Å². The van der Waals surface area contributed by atoms with Gasteiger partial charge in [0.25, 0.3) is 0 Å². The van der Waals surface area contributed by atoms with Gasteiger partial charge in [-0.15, -0.1) is 6.42 Å². The molecule has 0 N–H and O–H groups in total. The van der Waals surface area contributed by atoms with Crippen LogP contribution in [0.15, 0.2) is 17.9 Å². The third-order valence-corrected chi connectivity index (χ3v) is 1.08. The predicted octanol–water partition coefficient (Wildman–Crippen LogP) is -3.55. The van der Waals surface area contributed by atoms with Crippen LogP contribution in [0.1, 0.15) is 27.2 Å². The van der Waals surface area contributed by atoms with Crippen molar-refractivity contribution in [2.45, 2.75) is 32.8 Å². The molecule has 0 aromatic heterocycles. The molecule has 1 nitrogen and oxygen atoms in total. The fourth-order valence-corrected chi connectivity index (χ4v) is 0.784. The molecule has 13 heavy (non-hydrogen) atoms. The van der Waals surface area contributed by atoms with Crippen molar-refractivity contribution in [2.24, 2.45) is 0 Å². The van der Waals surface area contributed by atoms with Crippen molar-refractivity contribution in [3.05, 3.63) is 24.0 Å². The summed E-state index contributed by atoms with van der Waals surface area (Å²) in [6, 6.07) is 0. The Hall–Kier alpha value is 0.574. The van der Waals surface area contributed by atoms with E-state index < -0.39 is 0 Å². The first-order valence-electron chi connectivity index (χ1n) is 3.54. The van der Waals surface area contributed by atoms with Crippen LogP contribution in [-0.2, 0) is 26.5 Å². The van der Waals surface area contributed by atoms with Crippen LogP contribution in [0, 0.1) is 6.08 Å². The van der Waals surface area contributed by atoms with E-state index in [1.54, 1.807) is 0 Å². The largest absolute Gasteiger partial charge is 3.00 e. The zero-order valence-electron chi connectivity index (χ0n) is 8.03. The van der Waals surface area contributed by atoms with Crippen LogP contribution < -0.4 is 24.8 Å². The Morgan fingerprint density at radius 1 is 1.31 bits per heavy atom. The SMILES string of the molecule is CC(C)(C)OC1=[C-]CC=C1.[Cl-].[Cl-].[Ti+3]. The minimum absolute atomic E-state index is 0. The predicted molar refractivity (Wildman–Crippen MR) is 41.4 cm³/mol. The summed E-state index contributed by atoms with van der Waals surface area (Å²) in [5.74, 6) is 0.882. The van der Waals surface area contributed by atoms with E-state index in [1.165, 1.54) is 0 Å². The molecule has 1 rings (SSSR count). The summed E-state index contributed by atoms with van der Waals surface area (Å²) in [6.07, 6.45) is 8.00. The van der Waals surface area contributed by atoms with Crippen LogP contribution in [-0.4, -0.2) is 5.60 Å². The zero-order chi connectivity index (χ0) is 7.61. The number of hydrogen-bond acceptors (Lipinski definition) is 1. The molecule has 0 saturated heterocycles. The summed E-state index contributed by atoms with van der Waals surface area (Å²) in [4.78, 5) is 0. The molecule has 0 saturated carbocycles. The standard InChI is InChI=1S/C9H13O.2ClH.Ti/c1-9(2,3)10-8-6-4-5-7-8;;;/h4,6H,5H2,1-3H3;2*1H;/q-1;;;+3/p-2. The molecule has 1 radical (unpaired) electrons. The van der Waals surface area contributed by atoms with Crippen molar-refractivity contribution in [2.75, 3.05) is 0 Å². The second-order valence-electron chi connectivity index (χ2n) is 3.36. The zero-order valence-corrected chi connectivity index (χ0v) is 11.1. The molecule has 73 valence electrons. The fourth-order valence-electron chi connectivity index (χ4n) is 0.784. The van der Waals surface area contributed by atoms with E-state index in [9.17, 15) is 0 Å². The second-order valence-corrected chi connectivity index (χ2v) is 3.36. The molecule has 0 heterocycles. The first-order valence-corrected chi connectivity index (χ1v) is 3.54. The van der Waals surface area contributed by atoms with E-state index in [0.717, 1.165) is 12.2 Å². The normalized spacial score (nSPS) is 13.3. The van der Waals surface area contributed by atoms with Crippen LogP contribution in [0.25, 0.3) is 0 Å². The van der Waals surface area contributed by atoms with Crippen LogP contribution >= 0.6 is 0 Å². The average Bonchev–Trinajstić information content (AvgIpc) is 2.12. The molecule has 0 fully saturated rings. The molecule has 0 bridgehead atoms. The van der Waals surface area contributed by atoms with Gasteiger partial charge in [-0.3, -0.25) is 0 Å². The number of hydrogen-bond donors (Lipinski definition) is 0. The van der Waals surface area contributed by atoms with Crippen LogP contribution in [0.3, 0.4) is 0 Å². The molecule has 0 atom stereocenters. The van der Waals surface area contributed by atoms with Crippen molar-refractivity contribution in [1.82, 2.24) is 0 Å². The van der Waals surface area contributed by atoms with E-state index in [4.69, 9.17) is 4.74 Å². The topological polar surface area (TPSA) is 9.23 Å². The maximum Gasteiger partial charge on any atom is 3.00 e. The molecular formula is C9H13Cl2OTi. The first kappa shape index (κ1) is 19.2. The second kappa shape index (κ2) is 7.93. The van der Waals surface area contributed by atoms with Crippen LogP contribution in [0.5, 0.6) is 0 Å². The fraction of sp³-hybridized carbons (Fsp3) is 0.556. The number of halogens is 2. The van der Waals surface area contributed by atoms with Gasteiger partial charge in [-0.25, -0.2) is 6.08 Å². The smallest absolute Gasteiger partial charge is 1.00 e. The third-order valence-electron chi connectivity index (χ3n) is 1.08. The molecular weight excluding hydrogens is 243 g/mol. The average molecular weight is 256 g/mol. The van der Waals surface area contributed by atoms with Gasteiger partial charge in [-0.1, -0.05) is 5.76 Å². The molecule has 1 aliphatic rings. The summed E-state index contributed by atoms with van der Waals surface area (Å²) in [6.45, 7) is 6.11. The van der Waals surface area contributed by atoms with Crippen molar-refractivity contribution >= 4 is 0 Å². The molecule has 0 aromatic carbocycles. The van der Waals surface area contributed by atoms with E-state index in [0.29, 0.717) is 0 Å². The van der Waals surface area contributed by atoms with Crippen molar-refractivity contribution in [3.63, 3.8) is 0 Å².